The van der Waals surface area contributed by atoms with Gasteiger partial charge in [0.15, 0.2) is 0 Å². The average molecular weight is 212 g/mol. The molecule has 1 saturated heterocycles. The lowest BCUT2D eigenvalue weighted by Gasteiger charge is -2.34. The quantitative estimate of drug-likeness (QED) is 0.690. The number of piperazine rings is 1. The Hall–Kier alpha value is -0.0800. The van der Waals surface area contributed by atoms with Crippen LogP contribution in [0.2, 0.25) is 0 Å². The Morgan fingerprint density at radius 2 is 1.47 bits per heavy atom. The van der Waals surface area contributed by atoms with Gasteiger partial charge in [-0.15, -0.1) is 0 Å². The first-order valence-electron chi connectivity index (χ1n) is 6.58. The third kappa shape index (κ3) is 4.52. The van der Waals surface area contributed by atoms with Gasteiger partial charge in [0.05, 0.1) is 0 Å². The molecule has 2 heteroatoms. The molecule has 90 valence electrons. The highest BCUT2D eigenvalue weighted by Crippen LogP contribution is 2.15. The van der Waals surface area contributed by atoms with Crippen LogP contribution in [0.25, 0.3) is 0 Å². The summed E-state index contributed by atoms with van der Waals surface area (Å²) in [7, 11) is 0. The van der Waals surface area contributed by atoms with Gasteiger partial charge in [0.25, 0.3) is 0 Å². The zero-order chi connectivity index (χ0) is 11.3. The number of hydrogen-bond donors (Lipinski definition) is 0. The van der Waals surface area contributed by atoms with Crippen LogP contribution in [0.15, 0.2) is 0 Å². The Balaban J connectivity index is 2.13. The summed E-state index contributed by atoms with van der Waals surface area (Å²) in [5.74, 6) is 1.70. The van der Waals surface area contributed by atoms with E-state index >= 15 is 0 Å². The fourth-order valence-electron chi connectivity index (χ4n) is 2.05. The third-order valence-corrected chi connectivity index (χ3v) is 3.95. The van der Waals surface area contributed by atoms with E-state index in [1.165, 1.54) is 45.7 Å². The van der Waals surface area contributed by atoms with Gasteiger partial charge in [-0.05, 0) is 31.3 Å². The number of likely N-dealkylation sites (N-methyl/N-ethyl adjacent to an activating group) is 1. The molecule has 0 N–H and O–H groups in total. The molecular weight excluding hydrogens is 184 g/mol. The third-order valence-electron chi connectivity index (χ3n) is 3.95. The number of nitrogens with zero attached hydrogens (tertiary/aromatic N) is 2. The van der Waals surface area contributed by atoms with Crippen molar-refractivity contribution in [1.82, 2.24) is 9.80 Å². The molecule has 0 aromatic heterocycles. The molecule has 1 atom stereocenters. The van der Waals surface area contributed by atoms with Gasteiger partial charge in [0, 0.05) is 26.2 Å². The standard InChI is InChI=1S/C13H28N2/c1-5-14-8-10-15(11-9-14)7-6-13(4)12(2)3/h12-13H,5-11H2,1-4H3. The van der Waals surface area contributed by atoms with Crippen LogP contribution in [0.1, 0.15) is 34.1 Å². The van der Waals surface area contributed by atoms with Gasteiger partial charge in [-0.2, -0.15) is 0 Å². The van der Waals surface area contributed by atoms with E-state index in [-0.39, 0.29) is 0 Å². The van der Waals surface area contributed by atoms with Gasteiger partial charge in [-0.3, -0.25) is 0 Å². The minimum Gasteiger partial charge on any atom is -0.301 e. The summed E-state index contributed by atoms with van der Waals surface area (Å²) in [5.41, 5.74) is 0. The molecule has 0 aromatic carbocycles. The normalized spacial score (nSPS) is 22.2. The van der Waals surface area contributed by atoms with Crippen molar-refractivity contribution in [2.75, 3.05) is 39.3 Å². The maximum absolute atomic E-state index is 2.63. The summed E-state index contributed by atoms with van der Waals surface area (Å²) in [6.07, 6.45) is 1.36. The molecule has 0 spiro atoms. The minimum atomic E-state index is 0.835. The van der Waals surface area contributed by atoms with Gasteiger partial charge < -0.3 is 9.80 Å². The van der Waals surface area contributed by atoms with Gasteiger partial charge in [-0.25, -0.2) is 0 Å². The van der Waals surface area contributed by atoms with Gasteiger partial charge >= 0.3 is 0 Å². The van der Waals surface area contributed by atoms with Crippen LogP contribution < -0.4 is 0 Å². The lowest BCUT2D eigenvalue weighted by atomic mass is 9.94. The van der Waals surface area contributed by atoms with Crippen molar-refractivity contribution in [2.24, 2.45) is 11.8 Å². The van der Waals surface area contributed by atoms with Crippen molar-refractivity contribution < 1.29 is 0 Å². The molecule has 2 nitrogen and oxygen atoms in total. The predicted octanol–water partition coefficient (Wildman–Crippen LogP) is 2.31. The van der Waals surface area contributed by atoms with E-state index in [1.807, 2.05) is 0 Å². The molecule has 1 rings (SSSR count). The Kier molecular flexibility index (Phi) is 5.62. The van der Waals surface area contributed by atoms with Crippen molar-refractivity contribution in [3.63, 3.8) is 0 Å². The predicted molar refractivity (Wildman–Crippen MR) is 67.2 cm³/mol. The van der Waals surface area contributed by atoms with Crippen molar-refractivity contribution in [3.8, 4) is 0 Å². The average Bonchev–Trinajstić information content (AvgIpc) is 2.26. The lowest BCUT2D eigenvalue weighted by Crippen LogP contribution is -2.46. The van der Waals surface area contributed by atoms with Crippen LogP contribution in [0, 0.1) is 11.8 Å². The summed E-state index contributed by atoms with van der Waals surface area (Å²) in [5, 5.41) is 0. The van der Waals surface area contributed by atoms with E-state index in [0.29, 0.717) is 0 Å². The van der Waals surface area contributed by atoms with Crippen molar-refractivity contribution in [2.45, 2.75) is 34.1 Å². The van der Waals surface area contributed by atoms with Crippen LogP contribution >= 0.6 is 0 Å². The van der Waals surface area contributed by atoms with Crippen molar-refractivity contribution >= 4 is 0 Å². The highest BCUT2D eigenvalue weighted by atomic mass is 15.3. The van der Waals surface area contributed by atoms with E-state index in [0.717, 1.165) is 11.8 Å². The van der Waals surface area contributed by atoms with Crippen LogP contribution in [0.5, 0.6) is 0 Å². The summed E-state index contributed by atoms with van der Waals surface area (Å²) in [4.78, 5) is 5.17. The van der Waals surface area contributed by atoms with Gasteiger partial charge in [-0.1, -0.05) is 27.7 Å². The largest absolute Gasteiger partial charge is 0.301 e. The molecule has 0 aromatic rings. The summed E-state index contributed by atoms with van der Waals surface area (Å²) >= 11 is 0. The van der Waals surface area contributed by atoms with Crippen LogP contribution in [-0.2, 0) is 0 Å². The first-order valence-corrected chi connectivity index (χ1v) is 6.58. The maximum Gasteiger partial charge on any atom is 0.0110 e. The Bertz CT molecular complexity index is 160. The van der Waals surface area contributed by atoms with Crippen molar-refractivity contribution in [3.05, 3.63) is 0 Å². The second-order valence-corrected chi connectivity index (χ2v) is 5.29. The van der Waals surface area contributed by atoms with Crippen molar-refractivity contribution in [1.29, 1.82) is 0 Å². The molecule has 0 radical (unpaired) electrons. The molecule has 0 saturated carbocycles. The minimum absolute atomic E-state index is 0.835. The highest BCUT2D eigenvalue weighted by Gasteiger charge is 2.16. The van der Waals surface area contributed by atoms with Crippen LogP contribution in [-0.4, -0.2) is 49.1 Å². The molecule has 15 heavy (non-hydrogen) atoms. The molecular formula is C13H28N2. The zero-order valence-electron chi connectivity index (χ0n) is 11.0. The van der Waals surface area contributed by atoms with E-state index in [2.05, 4.69) is 37.5 Å². The molecule has 0 amide bonds. The fourth-order valence-corrected chi connectivity index (χ4v) is 2.05. The summed E-state index contributed by atoms with van der Waals surface area (Å²) in [6, 6.07) is 0. The summed E-state index contributed by atoms with van der Waals surface area (Å²) < 4.78 is 0. The first kappa shape index (κ1) is 13.0. The highest BCUT2D eigenvalue weighted by molar-refractivity contribution is 4.71. The molecule has 1 fully saturated rings. The SMILES string of the molecule is CCN1CCN(CCC(C)C(C)C)CC1. The van der Waals surface area contributed by atoms with Crippen LogP contribution in [0.4, 0.5) is 0 Å². The maximum atomic E-state index is 2.63. The number of hydrogen-bond acceptors (Lipinski definition) is 2. The van der Waals surface area contributed by atoms with Gasteiger partial charge in [0.1, 0.15) is 0 Å². The monoisotopic (exact) mass is 212 g/mol. The zero-order valence-corrected chi connectivity index (χ0v) is 11.0. The Morgan fingerprint density at radius 3 is 1.93 bits per heavy atom. The second kappa shape index (κ2) is 6.49. The Morgan fingerprint density at radius 1 is 0.933 bits per heavy atom. The van der Waals surface area contributed by atoms with E-state index in [9.17, 15) is 0 Å². The molecule has 1 heterocycles. The Labute approximate surface area is 95.6 Å². The van der Waals surface area contributed by atoms with Gasteiger partial charge in [0.2, 0.25) is 0 Å². The molecule has 0 bridgehead atoms. The molecule has 1 aliphatic heterocycles. The second-order valence-electron chi connectivity index (χ2n) is 5.29. The smallest absolute Gasteiger partial charge is 0.0110 e. The fraction of sp³-hybridized carbons (Fsp3) is 1.00. The molecule has 0 aliphatic carbocycles. The van der Waals surface area contributed by atoms with E-state index in [4.69, 9.17) is 0 Å². The molecule has 1 unspecified atom stereocenters. The summed E-state index contributed by atoms with van der Waals surface area (Å²) in [6.45, 7) is 16.9. The van der Waals surface area contributed by atoms with Crippen LogP contribution in [0.3, 0.4) is 0 Å². The molecule has 1 aliphatic rings. The lowest BCUT2D eigenvalue weighted by molar-refractivity contribution is 0.129. The number of rotatable bonds is 5. The van der Waals surface area contributed by atoms with E-state index < -0.39 is 0 Å². The first-order chi connectivity index (χ1) is 7.13. The topological polar surface area (TPSA) is 6.48 Å². The van der Waals surface area contributed by atoms with E-state index in [1.54, 1.807) is 0 Å².